The molecule has 2 N–H and O–H groups in total. The van der Waals surface area contributed by atoms with Gasteiger partial charge in [-0.3, -0.25) is 0 Å². The van der Waals surface area contributed by atoms with E-state index >= 15 is 0 Å². The van der Waals surface area contributed by atoms with E-state index in [4.69, 9.17) is 0 Å². The van der Waals surface area contributed by atoms with E-state index < -0.39 is 0 Å². The van der Waals surface area contributed by atoms with Crippen LogP contribution in [-0.4, -0.2) is 25.6 Å². The van der Waals surface area contributed by atoms with Crippen molar-refractivity contribution in [2.75, 3.05) is 5.32 Å². The van der Waals surface area contributed by atoms with Crippen LogP contribution in [0.25, 0.3) is 0 Å². The van der Waals surface area contributed by atoms with Crippen molar-refractivity contribution in [3.8, 4) is 0 Å². The Bertz CT molecular complexity index is 669. The Balaban J connectivity index is 1.89. The van der Waals surface area contributed by atoms with E-state index in [0.717, 1.165) is 18.2 Å². The summed E-state index contributed by atoms with van der Waals surface area (Å²) in [6, 6.07) is -0.304. The fourth-order valence-electron chi connectivity index (χ4n) is 2.18. The molecule has 0 radical (unpaired) electrons. The van der Waals surface area contributed by atoms with E-state index in [0.29, 0.717) is 18.2 Å². The van der Waals surface area contributed by atoms with E-state index in [9.17, 15) is 4.79 Å². The topological polar surface area (TPSA) is 84.7 Å². The average molecular weight is 330 g/mol. The molecule has 0 aliphatic heterocycles. The Kier molecular flexibility index (Phi) is 5.54. The quantitative estimate of drug-likeness (QED) is 0.882. The van der Waals surface area contributed by atoms with Crippen LogP contribution in [0.15, 0.2) is 24.8 Å². The van der Waals surface area contributed by atoms with Gasteiger partial charge in [-0.15, -0.1) is 0 Å². The Hall–Kier alpha value is -2.44. The molecule has 7 heteroatoms. The molecule has 2 aromatic heterocycles. The van der Waals surface area contributed by atoms with Crippen molar-refractivity contribution in [1.82, 2.24) is 24.8 Å². The summed E-state index contributed by atoms with van der Waals surface area (Å²) in [6.07, 6.45) is 6.91. The second-order valence-electron chi connectivity index (χ2n) is 7.24. The largest absolute Gasteiger partial charge is 0.333 e. The highest BCUT2D eigenvalue weighted by atomic mass is 16.2. The van der Waals surface area contributed by atoms with Crippen molar-refractivity contribution in [2.24, 2.45) is 5.92 Å². The van der Waals surface area contributed by atoms with Gasteiger partial charge in [0.15, 0.2) is 0 Å². The molecule has 2 rings (SSSR count). The minimum Gasteiger partial charge on any atom is -0.333 e. The van der Waals surface area contributed by atoms with Crippen LogP contribution in [0.4, 0.5) is 10.5 Å². The molecule has 0 saturated heterocycles. The predicted molar refractivity (Wildman–Crippen MR) is 93.7 cm³/mol. The van der Waals surface area contributed by atoms with Crippen molar-refractivity contribution in [3.05, 3.63) is 36.4 Å². The van der Waals surface area contributed by atoms with Crippen molar-refractivity contribution in [3.63, 3.8) is 0 Å². The molecule has 0 aromatic carbocycles. The molecule has 0 aliphatic rings. The van der Waals surface area contributed by atoms with Gasteiger partial charge in [0.25, 0.3) is 0 Å². The Morgan fingerprint density at radius 2 is 1.88 bits per heavy atom. The van der Waals surface area contributed by atoms with Gasteiger partial charge in [-0.1, -0.05) is 34.6 Å². The summed E-state index contributed by atoms with van der Waals surface area (Å²) < 4.78 is 2.05. The lowest BCUT2D eigenvalue weighted by Gasteiger charge is -2.16. The van der Waals surface area contributed by atoms with Gasteiger partial charge in [0, 0.05) is 24.4 Å². The van der Waals surface area contributed by atoms with Gasteiger partial charge in [0.2, 0.25) is 0 Å². The minimum absolute atomic E-state index is 0.117. The van der Waals surface area contributed by atoms with Crippen LogP contribution in [0.5, 0.6) is 0 Å². The number of carbonyl (C=O) groups excluding carboxylic acids is 1. The first kappa shape index (κ1) is 17.9. The van der Waals surface area contributed by atoms with Crippen molar-refractivity contribution < 1.29 is 4.79 Å². The zero-order valence-electron chi connectivity index (χ0n) is 15.0. The molecule has 0 aliphatic carbocycles. The first-order valence-electron chi connectivity index (χ1n) is 8.13. The standard InChI is InChI=1S/C17H26N6O/c1-12(2)11-23-7-6-18-14(23)10-21-16(24)22-13-8-19-15(20-9-13)17(3,4)5/h6-9,12H,10-11H2,1-5H3,(H2,21,22,24). The van der Waals surface area contributed by atoms with Crippen LogP contribution >= 0.6 is 0 Å². The van der Waals surface area contributed by atoms with Gasteiger partial charge in [-0.05, 0) is 5.92 Å². The summed E-state index contributed by atoms with van der Waals surface area (Å²) in [4.78, 5) is 24.9. The van der Waals surface area contributed by atoms with Gasteiger partial charge in [-0.2, -0.15) is 0 Å². The fourth-order valence-corrected chi connectivity index (χ4v) is 2.18. The van der Waals surface area contributed by atoms with Gasteiger partial charge in [0.05, 0.1) is 24.6 Å². The second-order valence-corrected chi connectivity index (χ2v) is 7.24. The van der Waals surface area contributed by atoms with Crippen molar-refractivity contribution in [1.29, 1.82) is 0 Å². The monoisotopic (exact) mass is 330 g/mol. The van der Waals surface area contributed by atoms with Crippen molar-refractivity contribution in [2.45, 2.75) is 53.1 Å². The van der Waals surface area contributed by atoms with E-state index in [1.54, 1.807) is 18.6 Å². The number of rotatable bonds is 5. The first-order valence-corrected chi connectivity index (χ1v) is 8.13. The molecule has 2 amide bonds. The summed E-state index contributed by atoms with van der Waals surface area (Å²) in [5.74, 6) is 2.09. The molecule has 2 heterocycles. The predicted octanol–water partition coefficient (Wildman–Crippen LogP) is 2.95. The lowest BCUT2D eigenvalue weighted by Crippen LogP contribution is -2.30. The highest BCUT2D eigenvalue weighted by molar-refractivity contribution is 5.88. The number of carbonyl (C=O) groups is 1. The SMILES string of the molecule is CC(C)Cn1ccnc1CNC(=O)Nc1cnc(C(C)(C)C)nc1. The Labute approximate surface area is 142 Å². The third kappa shape index (κ3) is 5.04. The molecule has 130 valence electrons. The summed E-state index contributed by atoms with van der Waals surface area (Å²) in [7, 11) is 0. The van der Waals surface area contributed by atoms with Crippen molar-refractivity contribution >= 4 is 11.7 Å². The van der Waals surface area contributed by atoms with Crippen LogP contribution in [0, 0.1) is 5.92 Å². The maximum atomic E-state index is 12.0. The molecule has 24 heavy (non-hydrogen) atoms. The zero-order valence-corrected chi connectivity index (χ0v) is 15.0. The van der Waals surface area contributed by atoms with E-state index in [2.05, 4.69) is 39.4 Å². The molecule has 0 spiro atoms. The summed E-state index contributed by atoms with van der Waals surface area (Å²) in [5.41, 5.74) is 0.444. The number of nitrogens with one attached hydrogen (secondary N) is 2. The number of imidazole rings is 1. The van der Waals surface area contributed by atoms with E-state index in [1.807, 2.05) is 31.5 Å². The van der Waals surface area contributed by atoms with Crippen LogP contribution in [0.1, 0.15) is 46.3 Å². The number of urea groups is 1. The van der Waals surface area contributed by atoms with Crippen LogP contribution in [0.3, 0.4) is 0 Å². The third-order valence-electron chi connectivity index (χ3n) is 3.35. The normalized spacial score (nSPS) is 11.6. The minimum atomic E-state index is -0.304. The van der Waals surface area contributed by atoms with Gasteiger partial charge < -0.3 is 15.2 Å². The summed E-state index contributed by atoms with van der Waals surface area (Å²) in [6.45, 7) is 11.7. The number of nitrogens with zero attached hydrogens (tertiary/aromatic N) is 4. The number of anilines is 1. The number of aromatic nitrogens is 4. The number of hydrogen-bond acceptors (Lipinski definition) is 4. The molecule has 0 bridgehead atoms. The number of amides is 2. The summed E-state index contributed by atoms with van der Waals surface area (Å²) in [5, 5.41) is 5.53. The maximum absolute atomic E-state index is 12.0. The third-order valence-corrected chi connectivity index (χ3v) is 3.35. The lowest BCUT2D eigenvalue weighted by atomic mass is 9.96. The fraction of sp³-hybridized carbons (Fsp3) is 0.529. The van der Waals surface area contributed by atoms with Gasteiger partial charge in [-0.25, -0.2) is 19.7 Å². The molecular weight excluding hydrogens is 304 g/mol. The number of hydrogen-bond donors (Lipinski definition) is 2. The molecule has 2 aromatic rings. The highest BCUT2D eigenvalue weighted by Crippen LogP contribution is 2.18. The molecule has 7 nitrogen and oxygen atoms in total. The highest BCUT2D eigenvalue weighted by Gasteiger charge is 2.17. The smallest absolute Gasteiger partial charge is 0.319 e. The average Bonchev–Trinajstić information content (AvgIpc) is 2.91. The molecule has 0 unspecified atom stereocenters. The van der Waals surface area contributed by atoms with E-state index in [1.165, 1.54) is 0 Å². The molecule has 0 fully saturated rings. The second kappa shape index (κ2) is 7.42. The molecule has 0 saturated carbocycles. The molecule has 0 atom stereocenters. The molecular formula is C17H26N6O. The Morgan fingerprint density at radius 3 is 2.46 bits per heavy atom. The van der Waals surface area contributed by atoms with Crippen LogP contribution < -0.4 is 10.6 Å². The van der Waals surface area contributed by atoms with E-state index in [-0.39, 0.29) is 11.4 Å². The van der Waals surface area contributed by atoms with Crippen LogP contribution in [-0.2, 0) is 18.5 Å². The Morgan fingerprint density at radius 1 is 1.21 bits per heavy atom. The first-order chi connectivity index (χ1) is 11.3. The maximum Gasteiger partial charge on any atom is 0.319 e. The van der Waals surface area contributed by atoms with Gasteiger partial charge >= 0.3 is 6.03 Å². The van der Waals surface area contributed by atoms with Crippen LogP contribution in [0.2, 0.25) is 0 Å². The lowest BCUT2D eigenvalue weighted by molar-refractivity contribution is 0.251. The van der Waals surface area contributed by atoms with Gasteiger partial charge in [0.1, 0.15) is 11.6 Å². The summed E-state index contributed by atoms with van der Waals surface area (Å²) >= 11 is 0. The zero-order chi connectivity index (χ0) is 17.7.